The molecule has 1 saturated heterocycles. The monoisotopic (exact) mass is 313 g/mol. The largest absolute Gasteiger partial charge is 0.497 e. The number of ether oxygens (including phenoxy) is 2. The van der Waals surface area contributed by atoms with Crippen LogP contribution in [0.3, 0.4) is 0 Å². The molecule has 2 atom stereocenters. The van der Waals surface area contributed by atoms with Gasteiger partial charge < -0.3 is 9.47 Å². The van der Waals surface area contributed by atoms with Gasteiger partial charge in [0.2, 0.25) is 10.0 Å². The van der Waals surface area contributed by atoms with E-state index < -0.39 is 10.0 Å². The minimum Gasteiger partial charge on any atom is -0.497 e. The molecule has 2 unspecified atom stereocenters. The first kappa shape index (κ1) is 16.1. The summed E-state index contributed by atoms with van der Waals surface area (Å²) in [6.07, 6.45) is 2.85. The molecule has 1 fully saturated rings. The lowest BCUT2D eigenvalue weighted by Crippen LogP contribution is -2.47. The normalized spacial score (nSPS) is 23.8. The predicted molar refractivity (Wildman–Crippen MR) is 81.3 cm³/mol. The van der Waals surface area contributed by atoms with Crippen LogP contribution >= 0.6 is 0 Å². The third-order valence-electron chi connectivity index (χ3n) is 4.04. The second-order valence-corrected chi connectivity index (χ2v) is 7.29. The lowest BCUT2D eigenvalue weighted by atomic mass is 10.0. The zero-order valence-electron chi connectivity index (χ0n) is 13.0. The molecule has 1 aliphatic heterocycles. The van der Waals surface area contributed by atoms with Crippen LogP contribution in [0.25, 0.3) is 0 Å². The van der Waals surface area contributed by atoms with Crippen LogP contribution in [0.5, 0.6) is 11.5 Å². The third kappa shape index (κ3) is 3.01. The molecule has 0 bridgehead atoms. The van der Waals surface area contributed by atoms with Crippen LogP contribution < -0.4 is 9.47 Å². The van der Waals surface area contributed by atoms with Gasteiger partial charge in [0.15, 0.2) is 0 Å². The van der Waals surface area contributed by atoms with E-state index >= 15 is 0 Å². The Bertz CT molecular complexity index is 590. The van der Waals surface area contributed by atoms with Gasteiger partial charge in [-0.15, -0.1) is 0 Å². The number of benzene rings is 1. The van der Waals surface area contributed by atoms with E-state index in [-0.39, 0.29) is 17.0 Å². The van der Waals surface area contributed by atoms with Gasteiger partial charge in [0.1, 0.15) is 16.4 Å². The van der Waals surface area contributed by atoms with Crippen LogP contribution in [0, 0.1) is 0 Å². The van der Waals surface area contributed by atoms with Crippen LogP contribution in [-0.2, 0) is 10.0 Å². The molecular weight excluding hydrogens is 290 g/mol. The van der Waals surface area contributed by atoms with E-state index in [1.54, 1.807) is 22.5 Å². The summed E-state index contributed by atoms with van der Waals surface area (Å²) in [6.45, 7) is 3.92. The first-order chi connectivity index (χ1) is 9.91. The molecule has 1 aromatic rings. The Morgan fingerprint density at radius 3 is 2.24 bits per heavy atom. The quantitative estimate of drug-likeness (QED) is 0.857. The van der Waals surface area contributed by atoms with E-state index in [0.29, 0.717) is 11.5 Å². The van der Waals surface area contributed by atoms with Gasteiger partial charge in [-0.2, -0.15) is 4.31 Å². The SMILES string of the molecule is COc1ccc(S(=O)(=O)N2C(C)CCCC2C)c(OC)c1. The van der Waals surface area contributed by atoms with Crippen LogP contribution in [0.15, 0.2) is 23.1 Å². The molecule has 6 heteroatoms. The maximum absolute atomic E-state index is 13.0. The van der Waals surface area contributed by atoms with Gasteiger partial charge in [0, 0.05) is 18.2 Å². The number of methoxy groups -OCH3 is 2. The molecule has 5 nitrogen and oxygen atoms in total. The Labute approximate surface area is 126 Å². The Morgan fingerprint density at radius 1 is 1.10 bits per heavy atom. The Morgan fingerprint density at radius 2 is 1.71 bits per heavy atom. The molecule has 1 aromatic carbocycles. The minimum absolute atomic E-state index is 0.00515. The second-order valence-electron chi connectivity index (χ2n) is 5.48. The molecule has 2 rings (SSSR count). The zero-order valence-corrected chi connectivity index (χ0v) is 13.8. The average Bonchev–Trinajstić information content (AvgIpc) is 2.46. The molecule has 0 radical (unpaired) electrons. The summed E-state index contributed by atoms with van der Waals surface area (Å²) in [7, 11) is -0.567. The topological polar surface area (TPSA) is 55.8 Å². The number of nitrogens with zero attached hydrogens (tertiary/aromatic N) is 1. The van der Waals surface area contributed by atoms with Crippen molar-refractivity contribution in [2.24, 2.45) is 0 Å². The molecule has 21 heavy (non-hydrogen) atoms. The molecule has 0 spiro atoms. The zero-order chi connectivity index (χ0) is 15.6. The van der Waals surface area contributed by atoms with Crippen LogP contribution in [0.1, 0.15) is 33.1 Å². The number of sulfonamides is 1. The standard InChI is InChI=1S/C15H23NO4S/c1-11-6-5-7-12(2)16(11)21(17,18)15-9-8-13(19-3)10-14(15)20-4/h8-12H,5-7H2,1-4H3. The van der Waals surface area contributed by atoms with Crippen molar-refractivity contribution in [1.29, 1.82) is 0 Å². The van der Waals surface area contributed by atoms with Gasteiger partial charge in [-0.05, 0) is 38.8 Å². The fourth-order valence-electron chi connectivity index (χ4n) is 2.97. The second kappa shape index (κ2) is 6.23. The van der Waals surface area contributed by atoms with Crippen molar-refractivity contribution in [3.05, 3.63) is 18.2 Å². The molecule has 0 aromatic heterocycles. The predicted octanol–water partition coefficient (Wildman–Crippen LogP) is 2.66. The number of piperidine rings is 1. The van der Waals surface area contributed by atoms with Crippen molar-refractivity contribution >= 4 is 10.0 Å². The molecule has 118 valence electrons. The molecule has 1 aliphatic rings. The summed E-state index contributed by atoms with van der Waals surface area (Å²) >= 11 is 0. The summed E-state index contributed by atoms with van der Waals surface area (Å²) in [6, 6.07) is 4.82. The minimum atomic E-state index is -3.58. The number of hydrogen-bond acceptors (Lipinski definition) is 4. The van der Waals surface area contributed by atoms with Crippen LogP contribution in [0.4, 0.5) is 0 Å². The van der Waals surface area contributed by atoms with Crippen molar-refractivity contribution < 1.29 is 17.9 Å². The molecule has 0 aliphatic carbocycles. The van der Waals surface area contributed by atoms with Crippen molar-refractivity contribution in [3.8, 4) is 11.5 Å². The van der Waals surface area contributed by atoms with Gasteiger partial charge >= 0.3 is 0 Å². The highest BCUT2D eigenvalue weighted by Crippen LogP contribution is 2.35. The maximum atomic E-state index is 13.0. The Balaban J connectivity index is 2.48. The Hall–Kier alpha value is -1.27. The number of hydrogen-bond donors (Lipinski definition) is 0. The highest BCUT2D eigenvalue weighted by atomic mass is 32.2. The summed E-state index contributed by atoms with van der Waals surface area (Å²) in [5.41, 5.74) is 0. The fraction of sp³-hybridized carbons (Fsp3) is 0.600. The molecule has 0 amide bonds. The summed E-state index contributed by atoms with van der Waals surface area (Å²) in [4.78, 5) is 0.200. The lowest BCUT2D eigenvalue weighted by Gasteiger charge is -2.37. The van der Waals surface area contributed by atoms with Crippen LogP contribution in [-0.4, -0.2) is 39.0 Å². The van der Waals surface area contributed by atoms with Crippen LogP contribution in [0.2, 0.25) is 0 Å². The fourth-order valence-corrected chi connectivity index (χ4v) is 4.99. The summed E-state index contributed by atoms with van der Waals surface area (Å²) < 4.78 is 38.0. The van der Waals surface area contributed by atoms with E-state index in [1.165, 1.54) is 14.2 Å². The molecule has 1 heterocycles. The van der Waals surface area contributed by atoms with E-state index in [0.717, 1.165) is 19.3 Å². The van der Waals surface area contributed by atoms with E-state index in [2.05, 4.69) is 0 Å². The van der Waals surface area contributed by atoms with Gasteiger partial charge in [-0.25, -0.2) is 8.42 Å². The van der Waals surface area contributed by atoms with Crippen molar-refractivity contribution in [2.75, 3.05) is 14.2 Å². The van der Waals surface area contributed by atoms with Gasteiger partial charge in [0.05, 0.1) is 14.2 Å². The van der Waals surface area contributed by atoms with Crippen molar-refractivity contribution in [1.82, 2.24) is 4.31 Å². The van der Waals surface area contributed by atoms with Gasteiger partial charge in [-0.1, -0.05) is 6.42 Å². The highest BCUT2D eigenvalue weighted by Gasteiger charge is 2.37. The molecule has 0 saturated carbocycles. The average molecular weight is 313 g/mol. The van der Waals surface area contributed by atoms with Gasteiger partial charge in [-0.3, -0.25) is 0 Å². The molecule has 0 N–H and O–H groups in total. The summed E-state index contributed by atoms with van der Waals surface area (Å²) in [5.74, 6) is 0.893. The Kier molecular flexibility index (Phi) is 4.78. The first-order valence-electron chi connectivity index (χ1n) is 7.17. The first-order valence-corrected chi connectivity index (χ1v) is 8.61. The number of rotatable bonds is 4. The van der Waals surface area contributed by atoms with Crippen molar-refractivity contribution in [2.45, 2.75) is 50.1 Å². The van der Waals surface area contributed by atoms with E-state index in [1.807, 2.05) is 13.8 Å². The lowest BCUT2D eigenvalue weighted by molar-refractivity contribution is 0.203. The molecular formula is C15H23NO4S. The summed E-state index contributed by atoms with van der Waals surface area (Å²) in [5, 5.41) is 0. The smallest absolute Gasteiger partial charge is 0.247 e. The van der Waals surface area contributed by atoms with E-state index in [9.17, 15) is 8.42 Å². The third-order valence-corrected chi connectivity index (χ3v) is 6.21. The van der Waals surface area contributed by atoms with Crippen molar-refractivity contribution in [3.63, 3.8) is 0 Å². The van der Waals surface area contributed by atoms with E-state index in [4.69, 9.17) is 9.47 Å². The van der Waals surface area contributed by atoms with Gasteiger partial charge in [0.25, 0.3) is 0 Å². The highest BCUT2D eigenvalue weighted by molar-refractivity contribution is 7.89. The maximum Gasteiger partial charge on any atom is 0.247 e.